The molecule has 0 bridgehead atoms. The first-order valence-electron chi connectivity index (χ1n) is 10.5. The summed E-state index contributed by atoms with van der Waals surface area (Å²) in [7, 11) is 0. The van der Waals surface area contributed by atoms with Gasteiger partial charge in [0.2, 0.25) is 0 Å². The number of fused-ring (bicyclic) bond motifs is 1. The van der Waals surface area contributed by atoms with Gasteiger partial charge in [0.1, 0.15) is 11.3 Å². The molecular weight excluding hydrogens is 444 g/mol. The van der Waals surface area contributed by atoms with E-state index < -0.39 is 0 Å². The van der Waals surface area contributed by atoms with Crippen LogP contribution in [0.1, 0.15) is 24.8 Å². The molecule has 1 aromatic heterocycles. The van der Waals surface area contributed by atoms with Crippen molar-refractivity contribution in [3.05, 3.63) is 75.1 Å². The summed E-state index contributed by atoms with van der Waals surface area (Å²) in [5.41, 5.74) is 1.49. The smallest absolute Gasteiger partial charge is 0.339 e. The number of nitrogens with zero attached hydrogens (tertiary/aromatic N) is 1. The molecule has 2 heterocycles. The van der Waals surface area contributed by atoms with E-state index in [1.54, 1.807) is 6.07 Å². The van der Waals surface area contributed by atoms with Crippen LogP contribution in [0.25, 0.3) is 11.0 Å². The van der Waals surface area contributed by atoms with Gasteiger partial charge in [0, 0.05) is 23.6 Å². The predicted octanol–water partition coefficient (Wildman–Crippen LogP) is 4.58. The van der Waals surface area contributed by atoms with Gasteiger partial charge in [-0.1, -0.05) is 46.3 Å². The number of piperidine rings is 1. The molecule has 1 fully saturated rings. The van der Waals surface area contributed by atoms with Gasteiger partial charge in [-0.3, -0.25) is 0 Å². The van der Waals surface area contributed by atoms with Gasteiger partial charge in [-0.2, -0.15) is 0 Å². The van der Waals surface area contributed by atoms with Crippen LogP contribution in [-0.4, -0.2) is 37.2 Å². The molecule has 158 valence electrons. The lowest BCUT2D eigenvalue weighted by molar-refractivity contribution is 0.182. The number of likely N-dealkylation sites (tertiary alicyclic amines) is 1. The van der Waals surface area contributed by atoms with Gasteiger partial charge in [0.05, 0.1) is 18.1 Å². The van der Waals surface area contributed by atoms with Crippen molar-refractivity contribution in [3.8, 4) is 5.75 Å². The SMILES string of the molecule is O=c1cc(OCCCN2CCC(NCc3ccccc3)CC2)c2ccc(Br)cc2o1. The molecule has 5 nitrogen and oxygen atoms in total. The molecule has 1 aliphatic heterocycles. The Morgan fingerprint density at radius 3 is 2.70 bits per heavy atom. The second-order valence-corrected chi connectivity index (χ2v) is 8.67. The summed E-state index contributed by atoms with van der Waals surface area (Å²) in [6.07, 6.45) is 3.28. The summed E-state index contributed by atoms with van der Waals surface area (Å²) in [4.78, 5) is 14.3. The lowest BCUT2D eigenvalue weighted by atomic mass is 10.0. The molecule has 0 spiro atoms. The minimum Gasteiger partial charge on any atom is -0.492 e. The molecule has 0 unspecified atom stereocenters. The lowest BCUT2D eigenvalue weighted by Crippen LogP contribution is -2.42. The Hall–Kier alpha value is -2.15. The Kier molecular flexibility index (Phi) is 7.20. The third kappa shape index (κ3) is 5.72. The van der Waals surface area contributed by atoms with E-state index in [2.05, 4.69) is 56.5 Å². The minimum atomic E-state index is -0.388. The van der Waals surface area contributed by atoms with Gasteiger partial charge in [-0.05, 0) is 56.1 Å². The number of hydrogen-bond acceptors (Lipinski definition) is 5. The maximum atomic E-state index is 11.8. The van der Waals surface area contributed by atoms with Crippen LogP contribution in [-0.2, 0) is 6.54 Å². The summed E-state index contributed by atoms with van der Waals surface area (Å²) >= 11 is 3.40. The maximum absolute atomic E-state index is 11.8. The maximum Gasteiger partial charge on any atom is 0.339 e. The Morgan fingerprint density at radius 2 is 1.90 bits per heavy atom. The fourth-order valence-electron chi connectivity index (χ4n) is 3.92. The quantitative estimate of drug-likeness (QED) is 0.385. The third-order valence-corrected chi connectivity index (χ3v) is 6.06. The van der Waals surface area contributed by atoms with Gasteiger partial charge >= 0.3 is 5.63 Å². The monoisotopic (exact) mass is 470 g/mol. The van der Waals surface area contributed by atoms with Crippen LogP contribution in [0.15, 0.2) is 68.3 Å². The molecular formula is C24H27BrN2O3. The highest BCUT2D eigenvalue weighted by Gasteiger charge is 2.18. The van der Waals surface area contributed by atoms with E-state index in [1.807, 2.05) is 12.1 Å². The number of benzene rings is 2. The molecule has 1 aliphatic rings. The number of rotatable bonds is 8. The molecule has 0 atom stereocenters. The van der Waals surface area contributed by atoms with Crippen molar-refractivity contribution in [1.29, 1.82) is 0 Å². The summed E-state index contributed by atoms with van der Waals surface area (Å²) in [5.74, 6) is 0.595. The molecule has 4 rings (SSSR count). The molecule has 1 N–H and O–H groups in total. The average Bonchev–Trinajstić information content (AvgIpc) is 2.76. The van der Waals surface area contributed by atoms with Crippen LogP contribution < -0.4 is 15.7 Å². The van der Waals surface area contributed by atoms with Gasteiger partial charge in [0.25, 0.3) is 0 Å². The molecule has 0 saturated carbocycles. The Labute approximate surface area is 185 Å². The molecule has 2 aromatic carbocycles. The number of hydrogen-bond donors (Lipinski definition) is 1. The van der Waals surface area contributed by atoms with Crippen molar-refractivity contribution in [2.45, 2.75) is 31.8 Å². The van der Waals surface area contributed by atoms with Gasteiger partial charge in [-0.15, -0.1) is 0 Å². The van der Waals surface area contributed by atoms with Crippen molar-refractivity contribution >= 4 is 26.9 Å². The average molecular weight is 471 g/mol. The van der Waals surface area contributed by atoms with E-state index >= 15 is 0 Å². The zero-order valence-corrected chi connectivity index (χ0v) is 18.6. The van der Waals surface area contributed by atoms with Crippen LogP contribution in [0.3, 0.4) is 0 Å². The van der Waals surface area contributed by atoms with Gasteiger partial charge in [-0.25, -0.2) is 4.79 Å². The highest BCUT2D eigenvalue weighted by molar-refractivity contribution is 9.10. The Morgan fingerprint density at radius 1 is 1.10 bits per heavy atom. The van der Waals surface area contributed by atoms with E-state index in [9.17, 15) is 4.79 Å². The number of ether oxygens (including phenoxy) is 1. The van der Waals surface area contributed by atoms with E-state index in [0.29, 0.717) is 24.0 Å². The molecule has 0 aliphatic carbocycles. The summed E-state index contributed by atoms with van der Waals surface area (Å²) < 4.78 is 12.1. The van der Waals surface area contributed by atoms with Crippen molar-refractivity contribution in [3.63, 3.8) is 0 Å². The summed E-state index contributed by atoms with van der Waals surface area (Å²) in [6, 6.07) is 18.2. The number of nitrogens with one attached hydrogen (secondary N) is 1. The largest absolute Gasteiger partial charge is 0.492 e. The van der Waals surface area contributed by atoms with Crippen molar-refractivity contribution in [1.82, 2.24) is 10.2 Å². The first kappa shape index (κ1) is 21.1. The van der Waals surface area contributed by atoms with Crippen LogP contribution in [0.2, 0.25) is 0 Å². The summed E-state index contributed by atoms with van der Waals surface area (Å²) in [5, 5.41) is 4.50. The standard InChI is InChI=1S/C24H27BrN2O3/c25-19-7-8-21-22(16-24(28)30-23(21)15-19)29-14-4-11-27-12-9-20(10-13-27)26-17-18-5-2-1-3-6-18/h1-3,5-8,15-16,20,26H,4,9-14,17H2. The summed E-state index contributed by atoms with van der Waals surface area (Å²) in [6.45, 7) is 4.75. The molecule has 6 heteroatoms. The highest BCUT2D eigenvalue weighted by Crippen LogP contribution is 2.26. The van der Waals surface area contributed by atoms with E-state index in [0.717, 1.165) is 42.5 Å². The zero-order chi connectivity index (χ0) is 20.8. The van der Waals surface area contributed by atoms with Crippen LogP contribution in [0, 0.1) is 0 Å². The first-order chi connectivity index (χ1) is 14.7. The van der Waals surface area contributed by atoms with E-state index in [-0.39, 0.29) is 5.63 Å². The van der Waals surface area contributed by atoms with Crippen LogP contribution >= 0.6 is 15.9 Å². The van der Waals surface area contributed by atoms with Crippen molar-refractivity contribution in [2.24, 2.45) is 0 Å². The predicted molar refractivity (Wildman–Crippen MR) is 123 cm³/mol. The van der Waals surface area contributed by atoms with Crippen molar-refractivity contribution < 1.29 is 9.15 Å². The van der Waals surface area contributed by atoms with Crippen LogP contribution in [0.4, 0.5) is 0 Å². The molecule has 30 heavy (non-hydrogen) atoms. The van der Waals surface area contributed by atoms with Crippen molar-refractivity contribution in [2.75, 3.05) is 26.2 Å². The lowest BCUT2D eigenvalue weighted by Gasteiger charge is -2.32. The minimum absolute atomic E-state index is 0.388. The fourth-order valence-corrected chi connectivity index (χ4v) is 4.26. The van der Waals surface area contributed by atoms with Crippen LogP contribution in [0.5, 0.6) is 5.75 Å². The molecule has 0 amide bonds. The highest BCUT2D eigenvalue weighted by atomic mass is 79.9. The van der Waals surface area contributed by atoms with Gasteiger partial charge in [0.15, 0.2) is 0 Å². The normalized spacial score (nSPS) is 15.5. The van der Waals surface area contributed by atoms with E-state index in [4.69, 9.17) is 9.15 Å². The van der Waals surface area contributed by atoms with E-state index in [1.165, 1.54) is 24.5 Å². The van der Waals surface area contributed by atoms with Gasteiger partial charge < -0.3 is 19.4 Å². The number of halogens is 1. The topological polar surface area (TPSA) is 54.7 Å². The zero-order valence-electron chi connectivity index (χ0n) is 17.0. The molecule has 3 aromatic rings. The first-order valence-corrected chi connectivity index (χ1v) is 11.3. The molecule has 1 saturated heterocycles. The second kappa shape index (κ2) is 10.2. The fraction of sp³-hybridized carbons (Fsp3) is 0.375. The Balaban J connectivity index is 1.19. The third-order valence-electron chi connectivity index (χ3n) is 5.57. The Bertz CT molecular complexity index is 1010. The molecule has 0 radical (unpaired) electrons. The second-order valence-electron chi connectivity index (χ2n) is 7.75.